The summed E-state index contributed by atoms with van der Waals surface area (Å²) in [4.78, 5) is 39.0. The summed E-state index contributed by atoms with van der Waals surface area (Å²) < 4.78 is 5.52. The van der Waals surface area contributed by atoms with Gasteiger partial charge in [-0.2, -0.15) is 0 Å². The molecule has 1 saturated heterocycles. The number of rotatable bonds is 9. The predicted octanol–water partition coefficient (Wildman–Crippen LogP) is 5.46. The molecule has 0 N–H and O–H groups in total. The third-order valence-electron chi connectivity index (χ3n) is 8.65. The van der Waals surface area contributed by atoms with Crippen LogP contribution >= 0.6 is 0 Å². The number of carbonyl (C=O) groups is 2. The molecule has 7 nitrogen and oxygen atoms in total. The lowest BCUT2D eigenvalue weighted by Crippen LogP contribution is -2.52. The summed E-state index contributed by atoms with van der Waals surface area (Å²) in [7, 11) is 0. The number of carbonyl (C=O) groups excluding carboxylic acids is 2. The smallest absolute Gasteiger partial charge is 0.247 e. The molecule has 0 spiro atoms. The molecule has 1 aromatic heterocycles. The maximum Gasteiger partial charge on any atom is 0.247 e. The van der Waals surface area contributed by atoms with E-state index in [0.29, 0.717) is 31.7 Å². The van der Waals surface area contributed by atoms with E-state index < -0.39 is 6.04 Å². The van der Waals surface area contributed by atoms with Crippen molar-refractivity contribution in [1.29, 1.82) is 0 Å². The second kappa shape index (κ2) is 14.4. The Morgan fingerprint density at radius 1 is 0.867 bits per heavy atom. The van der Waals surface area contributed by atoms with Crippen LogP contribution in [0.3, 0.4) is 0 Å². The fraction of sp³-hybridized carbons (Fsp3) is 0.289. The number of pyridine rings is 1. The first kappa shape index (κ1) is 30.3. The van der Waals surface area contributed by atoms with Crippen LogP contribution in [0.15, 0.2) is 103 Å². The molecule has 2 aliphatic heterocycles. The Morgan fingerprint density at radius 3 is 2.33 bits per heavy atom. The largest absolute Gasteiger partial charge is 0.378 e. The number of ether oxygens (including phenoxy) is 1. The van der Waals surface area contributed by atoms with Crippen molar-refractivity contribution in [1.82, 2.24) is 14.8 Å². The van der Waals surface area contributed by atoms with Crippen LogP contribution in [0.1, 0.15) is 33.5 Å². The first-order valence-electron chi connectivity index (χ1n) is 15.8. The highest BCUT2D eigenvalue weighted by Gasteiger charge is 2.34. The quantitative estimate of drug-likeness (QED) is 0.239. The highest BCUT2D eigenvalue weighted by atomic mass is 16.5. The Hall–Kier alpha value is -4.75. The summed E-state index contributed by atoms with van der Waals surface area (Å²) in [5.41, 5.74) is 7.31. The Bertz CT molecular complexity index is 1610. The Labute approximate surface area is 265 Å². The van der Waals surface area contributed by atoms with Crippen molar-refractivity contribution in [2.45, 2.75) is 38.9 Å². The summed E-state index contributed by atoms with van der Waals surface area (Å²) in [5.74, 6) is -0.255. The highest BCUT2D eigenvalue weighted by molar-refractivity contribution is 5.95. The molecule has 6 rings (SSSR count). The SMILES string of the molecule is Cc1ccc(C=CC(=O)N(Cc2ccc(N3CCOCC3)cc2)[C@@H](Cc2ccccc2)C(=O)N2CCc3ccccc3C2)nc1. The maximum atomic E-state index is 14.5. The molecule has 4 aromatic rings. The van der Waals surface area contributed by atoms with E-state index in [4.69, 9.17) is 4.74 Å². The van der Waals surface area contributed by atoms with Crippen LogP contribution in [-0.2, 0) is 40.3 Å². The lowest BCUT2D eigenvalue weighted by molar-refractivity contribution is -0.144. The van der Waals surface area contributed by atoms with E-state index in [1.54, 1.807) is 23.2 Å². The van der Waals surface area contributed by atoms with Gasteiger partial charge >= 0.3 is 0 Å². The monoisotopic (exact) mass is 600 g/mol. The van der Waals surface area contributed by atoms with E-state index >= 15 is 0 Å². The number of morpholine rings is 1. The molecular formula is C38H40N4O3. The Balaban J connectivity index is 1.32. The van der Waals surface area contributed by atoms with Gasteiger partial charge in [0.1, 0.15) is 6.04 Å². The summed E-state index contributed by atoms with van der Waals surface area (Å²) in [5, 5.41) is 0. The van der Waals surface area contributed by atoms with Gasteiger partial charge in [-0.05, 0) is 65.4 Å². The molecule has 2 amide bonds. The van der Waals surface area contributed by atoms with E-state index in [0.717, 1.165) is 60.7 Å². The van der Waals surface area contributed by atoms with Crippen molar-refractivity contribution >= 4 is 23.6 Å². The van der Waals surface area contributed by atoms with Crippen LogP contribution in [0.5, 0.6) is 0 Å². The first-order valence-corrected chi connectivity index (χ1v) is 15.8. The van der Waals surface area contributed by atoms with Crippen LogP contribution < -0.4 is 4.90 Å². The molecule has 3 aromatic carbocycles. The fourth-order valence-corrected chi connectivity index (χ4v) is 6.07. The molecule has 1 fully saturated rings. The van der Waals surface area contributed by atoms with Gasteiger partial charge in [-0.3, -0.25) is 14.6 Å². The van der Waals surface area contributed by atoms with E-state index in [-0.39, 0.29) is 11.8 Å². The van der Waals surface area contributed by atoms with Gasteiger partial charge in [0, 0.05) is 57.1 Å². The summed E-state index contributed by atoms with van der Waals surface area (Å²) in [6.07, 6.45) is 6.30. The van der Waals surface area contributed by atoms with E-state index in [9.17, 15) is 9.59 Å². The molecule has 7 heteroatoms. The average Bonchev–Trinajstić information content (AvgIpc) is 3.10. The van der Waals surface area contributed by atoms with Crippen LogP contribution in [0.2, 0.25) is 0 Å². The van der Waals surface area contributed by atoms with Crippen LogP contribution in [0, 0.1) is 6.92 Å². The molecular weight excluding hydrogens is 560 g/mol. The van der Waals surface area contributed by atoms with E-state index in [1.807, 2.05) is 60.4 Å². The number of amides is 2. The Kier molecular flexibility index (Phi) is 9.66. The van der Waals surface area contributed by atoms with Crippen molar-refractivity contribution in [2.75, 3.05) is 37.7 Å². The molecule has 1 atom stereocenters. The number of hydrogen-bond acceptors (Lipinski definition) is 5. The number of aryl methyl sites for hydroxylation is 1. The van der Waals surface area contributed by atoms with Crippen LogP contribution in [0.25, 0.3) is 6.08 Å². The van der Waals surface area contributed by atoms with Gasteiger partial charge in [0.05, 0.1) is 18.9 Å². The number of anilines is 1. The van der Waals surface area contributed by atoms with Crippen molar-refractivity contribution in [3.8, 4) is 0 Å². The summed E-state index contributed by atoms with van der Waals surface area (Å²) >= 11 is 0. The summed E-state index contributed by atoms with van der Waals surface area (Å²) in [6, 6.07) is 29.8. The second-order valence-corrected chi connectivity index (χ2v) is 11.8. The molecule has 0 saturated carbocycles. The minimum Gasteiger partial charge on any atom is -0.378 e. The van der Waals surface area contributed by atoms with Gasteiger partial charge in [0.15, 0.2) is 0 Å². The normalized spacial score (nSPS) is 15.5. The van der Waals surface area contributed by atoms with Crippen molar-refractivity contribution in [3.05, 3.63) is 137 Å². The topological polar surface area (TPSA) is 66.0 Å². The number of aromatic nitrogens is 1. The zero-order chi connectivity index (χ0) is 31.0. The first-order chi connectivity index (χ1) is 22.0. The lowest BCUT2D eigenvalue weighted by atomic mass is 9.97. The van der Waals surface area contributed by atoms with Gasteiger partial charge < -0.3 is 19.4 Å². The number of benzene rings is 3. The molecule has 0 bridgehead atoms. The lowest BCUT2D eigenvalue weighted by Gasteiger charge is -2.37. The Morgan fingerprint density at radius 2 is 1.60 bits per heavy atom. The fourth-order valence-electron chi connectivity index (χ4n) is 6.07. The van der Waals surface area contributed by atoms with Gasteiger partial charge in [0.25, 0.3) is 0 Å². The average molecular weight is 601 g/mol. The molecule has 230 valence electrons. The van der Waals surface area contributed by atoms with Crippen molar-refractivity contribution < 1.29 is 14.3 Å². The summed E-state index contributed by atoms with van der Waals surface area (Å²) in [6.45, 7) is 6.61. The van der Waals surface area contributed by atoms with Crippen LogP contribution in [-0.4, -0.2) is 65.5 Å². The zero-order valence-electron chi connectivity index (χ0n) is 25.8. The van der Waals surface area contributed by atoms with Gasteiger partial charge in [0.2, 0.25) is 11.8 Å². The molecule has 2 aliphatic rings. The van der Waals surface area contributed by atoms with Gasteiger partial charge in [-0.25, -0.2) is 0 Å². The molecule has 0 aliphatic carbocycles. The third-order valence-corrected chi connectivity index (χ3v) is 8.65. The van der Waals surface area contributed by atoms with Crippen molar-refractivity contribution in [3.63, 3.8) is 0 Å². The second-order valence-electron chi connectivity index (χ2n) is 11.8. The third kappa shape index (κ3) is 7.67. The molecule has 45 heavy (non-hydrogen) atoms. The number of hydrogen-bond donors (Lipinski definition) is 0. The zero-order valence-corrected chi connectivity index (χ0v) is 25.8. The minimum absolute atomic E-state index is 0.0338. The van der Waals surface area contributed by atoms with E-state index in [1.165, 1.54) is 5.56 Å². The van der Waals surface area contributed by atoms with Crippen molar-refractivity contribution in [2.24, 2.45) is 0 Å². The molecule has 3 heterocycles. The van der Waals surface area contributed by atoms with E-state index in [2.05, 4.69) is 52.3 Å². The highest BCUT2D eigenvalue weighted by Crippen LogP contribution is 2.24. The molecule has 0 unspecified atom stereocenters. The standard InChI is InChI=1S/C38H40N4O3/c1-29-11-14-34(39-26-29)15-18-37(43)42(27-31-12-16-35(17-13-31)40-21-23-45-24-22-40)36(25-30-7-3-2-4-8-30)38(44)41-20-19-32-9-5-6-10-33(32)28-41/h2-18,26,36H,19-25,27-28H2,1H3/t36-/m0/s1. The number of nitrogens with zero attached hydrogens (tertiary/aromatic N) is 4. The number of fused-ring (bicyclic) bond motifs is 1. The molecule has 0 radical (unpaired) electrons. The van der Waals surface area contributed by atoms with Crippen LogP contribution in [0.4, 0.5) is 5.69 Å². The maximum absolute atomic E-state index is 14.5. The van der Waals surface area contributed by atoms with Gasteiger partial charge in [-0.15, -0.1) is 0 Å². The minimum atomic E-state index is -0.681. The predicted molar refractivity (Wildman–Crippen MR) is 178 cm³/mol. The van der Waals surface area contributed by atoms with Gasteiger partial charge in [-0.1, -0.05) is 72.8 Å².